The maximum Gasteiger partial charge on any atom is 0.273 e. The largest absolute Gasteiger partial charge is 0.338 e. The third kappa shape index (κ3) is 3.14. The van der Waals surface area contributed by atoms with Crippen LogP contribution in [0.5, 0.6) is 0 Å². The number of rotatable bonds is 3. The van der Waals surface area contributed by atoms with Gasteiger partial charge in [-0.15, -0.1) is 11.3 Å². The van der Waals surface area contributed by atoms with E-state index in [4.69, 9.17) is 0 Å². The Hall–Kier alpha value is -2.21. The number of aryl methyl sites for hydroxylation is 1. The van der Waals surface area contributed by atoms with E-state index in [2.05, 4.69) is 30.1 Å². The van der Waals surface area contributed by atoms with Gasteiger partial charge in [-0.2, -0.15) is 0 Å². The molecule has 1 atom stereocenters. The third-order valence-electron chi connectivity index (χ3n) is 5.57. The Morgan fingerprint density at radius 3 is 2.96 bits per heavy atom. The maximum atomic E-state index is 13.3. The molecule has 2 aliphatic rings. The van der Waals surface area contributed by atoms with Gasteiger partial charge in [0.1, 0.15) is 5.69 Å². The first-order chi connectivity index (χ1) is 12.6. The summed E-state index contributed by atoms with van der Waals surface area (Å²) in [4.78, 5) is 33.8. The van der Waals surface area contributed by atoms with Crippen molar-refractivity contribution in [2.24, 2.45) is 5.41 Å². The Bertz CT molecular complexity index is 820. The van der Waals surface area contributed by atoms with E-state index < -0.39 is 5.41 Å². The molecule has 2 fully saturated rings. The van der Waals surface area contributed by atoms with Crippen LogP contribution in [0, 0.1) is 12.3 Å². The smallest absolute Gasteiger partial charge is 0.273 e. The molecule has 4 rings (SSSR count). The summed E-state index contributed by atoms with van der Waals surface area (Å²) in [6.45, 7) is 4.69. The highest BCUT2D eigenvalue weighted by Crippen LogP contribution is 2.40. The molecule has 26 heavy (non-hydrogen) atoms. The van der Waals surface area contributed by atoms with Gasteiger partial charge in [0.25, 0.3) is 5.91 Å². The molecule has 0 bridgehead atoms. The fourth-order valence-corrected chi connectivity index (χ4v) is 4.76. The van der Waals surface area contributed by atoms with Crippen LogP contribution < -0.4 is 0 Å². The number of carbonyl (C=O) groups excluding carboxylic acids is 2. The highest BCUT2D eigenvalue weighted by Gasteiger charge is 2.49. The van der Waals surface area contributed by atoms with Crippen LogP contribution in [-0.4, -0.2) is 46.2 Å². The Kier molecular flexibility index (Phi) is 4.53. The van der Waals surface area contributed by atoms with Gasteiger partial charge in [-0.1, -0.05) is 29.8 Å². The average molecular weight is 369 g/mol. The van der Waals surface area contributed by atoms with Crippen LogP contribution in [0.3, 0.4) is 0 Å². The van der Waals surface area contributed by atoms with E-state index in [-0.39, 0.29) is 11.8 Å². The van der Waals surface area contributed by atoms with Crippen molar-refractivity contribution in [3.05, 3.63) is 52.0 Å². The number of carbonyl (C=O) groups is 2. The molecule has 0 N–H and O–H groups in total. The molecular weight excluding hydrogens is 346 g/mol. The second-order valence-corrected chi connectivity index (χ2v) is 8.17. The summed E-state index contributed by atoms with van der Waals surface area (Å²) < 4.78 is 0. The van der Waals surface area contributed by atoms with Gasteiger partial charge in [0.05, 0.1) is 10.9 Å². The van der Waals surface area contributed by atoms with Crippen molar-refractivity contribution in [3.8, 4) is 0 Å². The van der Waals surface area contributed by atoms with E-state index >= 15 is 0 Å². The van der Waals surface area contributed by atoms with Gasteiger partial charge in [0.15, 0.2) is 0 Å². The number of benzene rings is 1. The maximum absolute atomic E-state index is 13.3. The first kappa shape index (κ1) is 17.2. The number of aromatic nitrogens is 1. The van der Waals surface area contributed by atoms with Gasteiger partial charge in [-0.3, -0.25) is 9.59 Å². The molecule has 0 saturated carbocycles. The molecule has 0 aliphatic carbocycles. The van der Waals surface area contributed by atoms with Crippen molar-refractivity contribution in [1.29, 1.82) is 0 Å². The van der Waals surface area contributed by atoms with E-state index in [1.165, 1.54) is 22.5 Å². The average Bonchev–Trinajstić information content (AvgIpc) is 3.30. The van der Waals surface area contributed by atoms with E-state index in [0.717, 1.165) is 25.8 Å². The molecule has 1 aromatic heterocycles. The van der Waals surface area contributed by atoms with Crippen LogP contribution in [0.2, 0.25) is 0 Å². The molecule has 3 heterocycles. The lowest BCUT2D eigenvalue weighted by Crippen LogP contribution is -2.50. The Labute approximate surface area is 157 Å². The summed E-state index contributed by atoms with van der Waals surface area (Å²) in [7, 11) is 0. The minimum absolute atomic E-state index is 0.0493. The van der Waals surface area contributed by atoms with Gasteiger partial charge in [0.2, 0.25) is 5.91 Å². The van der Waals surface area contributed by atoms with Crippen molar-refractivity contribution in [3.63, 3.8) is 0 Å². The molecular formula is C20H23N3O2S. The van der Waals surface area contributed by atoms with Crippen molar-refractivity contribution < 1.29 is 9.59 Å². The predicted molar refractivity (Wildman–Crippen MR) is 101 cm³/mol. The summed E-state index contributed by atoms with van der Waals surface area (Å²) in [6, 6.07) is 8.33. The number of hydrogen-bond donors (Lipinski definition) is 0. The quantitative estimate of drug-likeness (QED) is 0.835. The van der Waals surface area contributed by atoms with Gasteiger partial charge >= 0.3 is 0 Å². The summed E-state index contributed by atoms with van der Waals surface area (Å²) >= 11 is 1.42. The van der Waals surface area contributed by atoms with Gasteiger partial charge in [0, 0.05) is 31.6 Å². The van der Waals surface area contributed by atoms with Gasteiger partial charge < -0.3 is 9.80 Å². The zero-order valence-corrected chi connectivity index (χ0v) is 15.8. The van der Waals surface area contributed by atoms with Crippen LogP contribution >= 0.6 is 11.3 Å². The molecule has 6 heteroatoms. The number of likely N-dealkylation sites (tertiary alicyclic amines) is 2. The first-order valence-corrected chi connectivity index (χ1v) is 10.0. The molecule has 136 valence electrons. The number of amides is 2. The topological polar surface area (TPSA) is 53.5 Å². The lowest BCUT2D eigenvalue weighted by molar-refractivity contribution is -0.146. The number of nitrogens with zero attached hydrogens (tertiary/aromatic N) is 3. The van der Waals surface area contributed by atoms with Crippen LogP contribution in [0.25, 0.3) is 0 Å². The standard InChI is InChI=1S/C20H23N3O2S/c1-15-4-2-5-16(10-15)11-22-8-3-6-20(19(22)25)7-9-23(13-20)18(24)17-12-26-14-21-17/h2,4-5,10,12,14H,3,6-9,11,13H2,1H3/t20-/m1/s1. The molecule has 0 unspecified atom stereocenters. The molecule has 1 spiro atoms. The second-order valence-electron chi connectivity index (χ2n) is 7.45. The van der Waals surface area contributed by atoms with Gasteiger partial charge in [-0.05, 0) is 31.7 Å². The SMILES string of the molecule is Cc1cccc(CN2CCC[C@]3(CCN(C(=O)c4cscn4)C3)C2=O)c1. The van der Waals surface area contributed by atoms with Crippen LogP contribution in [0.1, 0.15) is 40.9 Å². The fourth-order valence-electron chi connectivity index (χ4n) is 4.24. The Balaban J connectivity index is 1.48. The molecule has 0 radical (unpaired) electrons. The molecule has 2 amide bonds. The highest BCUT2D eigenvalue weighted by molar-refractivity contribution is 7.07. The van der Waals surface area contributed by atoms with E-state index in [1.807, 2.05) is 15.9 Å². The predicted octanol–water partition coefficient (Wildman–Crippen LogP) is 3.11. The van der Waals surface area contributed by atoms with Crippen molar-refractivity contribution in [2.45, 2.75) is 32.7 Å². The van der Waals surface area contributed by atoms with E-state index in [0.29, 0.717) is 25.3 Å². The summed E-state index contributed by atoms with van der Waals surface area (Å²) in [5, 5.41) is 1.78. The lowest BCUT2D eigenvalue weighted by atomic mass is 9.78. The van der Waals surface area contributed by atoms with Crippen LogP contribution in [0.15, 0.2) is 35.2 Å². The minimum Gasteiger partial charge on any atom is -0.338 e. The zero-order chi connectivity index (χ0) is 18.1. The van der Waals surface area contributed by atoms with Crippen molar-refractivity contribution >= 4 is 23.2 Å². The third-order valence-corrected chi connectivity index (χ3v) is 6.16. The van der Waals surface area contributed by atoms with Crippen LogP contribution in [0.4, 0.5) is 0 Å². The number of piperidine rings is 1. The molecule has 2 saturated heterocycles. The normalized spacial score (nSPS) is 23.0. The lowest BCUT2D eigenvalue weighted by Gasteiger charge is -2.39. The molecule has 1 aromatic carbocycles. The molecule has 2 aromatic rings. The number of hydrogen-bond acceptors (Lipinski definition) is 4. The van der Waals surface area contributed by atoms with Crippen molar-refractivity contribution in [1.82, 2.24) is 14.8 Å². The highest BCUT2D eigenvalue weighted by atomic mass is 32.1. The number of thiazole rings is 1. The fraction of sp³-hybridized carbons (Fsp3) is 0.450. The summed E-state index contributed by atoms with van der Waals surface area (Å²) in [5.41, 5.74) is 4.14. The van der Waals surface area contributed by atoms with E-state index in [1.54, 1.807) is 10.9 Å². The second kappa shape index (κ2) is 6.83. The molecule has 5 nitrogen and oxygen atoms in total. The van der Waals surface area contributed by atoms with Crippen molar-refractivity contribution in [2.75, 3.05) is 19.6 Å². The Morgan fingerprint density at radius 2 is 2.19 bits per heavy atom. The van der Waals surface area contributed by atoms with Gasteiger partial charge in [-0.25, -0.2) is 4.98 Å². The van der Waals surface area contributed by atoms with Crippen LogP contribution in [-0.2, 0) is 11.3 Å². The zero-order valence-electron chi connectivity index (χ0n) is 15.0. The Morgan fingerprint density at radius 1 is 1.31 bits per heavy atom. The minimum atomic E-state index is -0.409. The molecule has 2 aliphatic heterocycles. The monoisotopic (exact) mass is 369 g/mol. The summed E-state index contributed by atoms with van der Waals surface area (Å²) in [6.07, 6.45) is 2.62. The first-order valence-electron chi connectivity index (χ1n) is 9.10. The summed E-state index contributed by atoms with van der Waals surface area (Å²) in [5.74, 6) is 0.158. The van der Waals surface area contributed by atoms with E-state index in [9.17, 15) is 9.59 Å².